The zero-order valence-corrected chi connectivity index (χ0v) is 17.7. The van der Waals surface area contributed by atoms with Gasteiger partial charge in [-0.05, 0) is 81.3 Å². The summed E-state index contributed by atoms with van der Waals surface area (Å²) in [6.07, 6.45) is -0.683. The Balaban J connectivity index is 1.59. The topological polar surface area (TPSA) is 67.4 Å². The molecule has 2 amide bonds. The molecule has 3 aromatic rings. The van der Waals surface area contributed by atoms with E-state index < -0.39 is 6.10 Å². The van der Waals surface area contributed by atoms with Crippen LogP contribution in [0.2, 0.25) is 0 Å². The number of anilines is 2. The molecule has 5 nitrogen and oxygen atoms in total. The summed E-state index contributed by atoms with van der Waals surface area (Å²) in [5.41, 5.74) is 5.22. The molecule has 1 unspecified atom stereocenters. The number of carbonyl (C=O) groups excluding carboxylic acids is 2. The number of hydrogen-bond donors (Lipinski definition) is 2. The summed E-state index contributed by atoms with van der Waals surface area (Å²) in [6.45, 7) is 7.61. The summed E-state index contributed by atoms with van der Waals surface area (Å²) in [5.74, 6) is 0.0847. The van der Waals surface area contributed by atoms with Crippen LogP contribution in [0.5, 0.6) is 5.75 Å². The van der Waals surface area contributed by atoms with Gasteiger partial charge in [0.25, 0.3) is 11.8 Å². The van der Waals surface area contributed by atoms with Crippen LogP contribution in [-0.2, 0) is 4.79 Å². The minimum Gasteiger partial charge on any atom is -0.481 e. The number of benzene rings is 3. The van der Waals surface area contributed by atoms with Crippen LogP contribution in [0.4, 0.5) is 11.4 Å². The lowest BCUT2D eigenvalue weighted by atomic mass is 10.1. The van der Waals surface area contributed by atoms with Crippen LogP contribution < -0.4 is 15.4 Å². The van der Waals surface area contributed by atoms with Crippen molar-refractivity contribution in [3.63, 3.8) is 0 Å². The summed E-state index contributed by atoms with van der Waals surface area (Å²) < 4.78 is 5.74. The number of ether oxygens (including phenoxy) is 1. The summed E-state index contributed by atoms with van der Waals surface area (Å²) in [4.78, 5) is 24.9. The van der Waals surface area contributed by atoms with Crippen molar-refractivity contribution in [3.8, 4) is 5.75 Å². The first-order valence-corrected chi connectivity index (χ1v) is 9.84. The normalized spacial score (nSPS) is 11.5. The lowest BCUT2D eigenvalue weighted by molar-refractivity contribution is -0.122. The lowest BCUT2D eigenvalue weighted by Gasteiger charge is -2.16. The highest BCUT2D eigenvalue weighted by molar-refractivity contribution is 6.04. The third-order valence-corrected chi connectivity index (χ3v) is 4.76. The van der Waals surface area contributed by atoms with Crippen molar-refractivity contribution < 1.29 is 14.3 Å². The molecule has 3 rings (SSSR count). The van der Waals surface area contributed by atoms with E-state index in [0.717, 1.165) is 28.1 Å². The molecule has 0 saturated carbocycles. The summed E-state index contributed by atoms with van der Waals surface area (Å²) in [6, 6.07) is 20.2. The maximum atomic E-state index is 12.5. The van der Waals surface area contributed by atoms with Crippen LogP contribution in [0, 0.1) is 20.8 Å². The molecular weight excluding hydrogens is 376 g/mol. The highest BCUT2D eigenvalue weighted by Crippen LogP contribution is 2.19. The van der Waals surface area contributed by atoms with Gasteiger partial charge in [0.15, 0.2) is 6.10 Å². The Hall–Kier alpha value is -3.60. The molecule has 3 aromatic carbocycles. The molecule has 30 heavy (non-hydrogen) atoms. The van der Waals surface area contributed by atoms with E-state index >= 15 is 0 Å². The van der Waals surface area contributed by atoms with Crippen molar-refractivity contribution in [2.24, 2.45) is 0 Å². The molecule has 0 aliphatic carbocycles. The first-order chi connectivity index (χ1) is 14.3. The first kappa shape index (κ1) is 21.1. The third-order valence-electron chi connectivity index (χ3n) is 4.76. The minimum atomic E-state index is -0.683. The molecule has 1 atom stereocenters. The largest absolute Gasteiger partial charge is 0.481 e. The molecule has 0 aromatic heterocycles. The monoisotopic (exact) mass is 402 g/mol. The molecular formula is C25H26N2O3. The predicted molar refractivity (Wildman–Crippen MR) is 120 cm³/mol. The van der Waals surface area contributed by atoms with Crippen LogP contribution in [0.1, 0.15) is 34.0 Å². The van der Waals surface area contributed by atoms with Crippen molar-refractivity contribution in [3.05, 3.63) is 89.0 Å². The standard InChI is InChI=1S/C25H26N2O3/c1-16-6-11-21(12-7-16)26-25(29)20-9-13-22(14-10-20)30-19(4)24(28)27-23-15-17(2)5-8-18(23)3/h5-15,19H,1-4H3,(H,26,29)(H,27,28). The fraction of sp³-hybridized carbons (Fsp3) is 0.200. The smallest absolute Gasteiger partial charge is 0.265 e. The van der Waals surface area contributed by atoms with Gasteiger partial charge < -0.3 is 15.4 Å². The van der Waals surface area contributed by atoms with Gasteiger partial charge in [-0.2, -0.15) is 0 Å². The second kappa shape index (κ2) is 9.27. The van der Waals surface area contributed by atoms with Crippen molar-refractivity contribution in [1.29, 1.82) is 0 Å². The van der Waals surface area contributed by atoms with Gasteiger partial charge in [-0.15, -0.1) is 0 Å². The molecule has 2 N–H and O–H groups in total. The van der Waals surface area contributed by atoms with Gasteiger partial charge in [-0.1, -0.05) is 29.8 Å². The Labute approximate surface area is 177 Å². The summed E-state index contributed by atoms with van der Waals surface area (Å²) >= 11 is 0. The van der Waals surface area contributed by atoms with Crippen molar-refractivity contribution in [2.45, 2.75) is 33.8 Å². The van der Waals surface area contributed by atoms with E-state index in [1.807, 2.05) is 63.2 Å². The summed E-state index contributed by atoms with van der Waals surface area (Å²) in [7, 11) is 0. The highest BCUT2D eigenvalue weighted by atomic mass is 16.5. The fourth-order valence-corrected chi connectivity index (χ4v) is 2.89. The Bertz CT molecular complexity index is 1040. The van der Waals surface area contributed by atoms with E-state index in [-0.39, 0.29) is 11.8 Å². The van der Waals surface area contributed by atoms with Gasteiger partial charge in [0.1, 0.15) is 5.75 Å². The maximum absolute atomic E-state index is 12.5. The number of hydrogen-bond acceptors (Lipinski definition) is 3. The minimum absolute atomic E-state index is 0.203. The van der Waals surface area contributed by atoms with Gasteiger partial charge in [-0.3, -0.25) is 9.59 Å². The average Bonchev–Trinajstić information content (AvgIpc) is 2.72. The van der Waals surface area contributed by atoms with E-state index in [9.17, 15) is 9.59 Å². The fourth-order valence-electron chi connectivity index (χ4n) is 2.89. The number of nitrogens with one attached hydrogen (secondary N) is 2. The van der Waals surface area contributed by atoms with Crippen LogP contribution in [-0.4, -0.2) is 17.9 Å². The van der Waals surface area contributed by atoms with Crippen LogP contribution >= 0.6 is 0 Å². The summed E-state index contributed by atoms with van der Waals surface area (Å²) in [5, 5.41) is 5.76. The number of carbonyl (C=O) groups is 2. The van der Waals surface area contributed by atoms with Gasteiger partial charge >= 0.3 is 0 Å². The van der Waals surface area contributed by atoms with Crippen LogP contribution in [0.25, 0.3) is 0 Å². The molecule has 0 fully saturated rings. The van der Waals surface area contributed by atoms with Crippen molar-refractivity contribution >= 4 is 23.2 Å². The van der Waals surface area contributed by atoms with E-state index in [1.54, 1.807) is 31.2 Å². The van der Waals surface area contributed by atoms with Crippen molar-refractivity contribution in [2.75, 3.05) is 10.6 Å². The first-order valence-electron chi connectivity index (χ1n) is 9.84. The quantitative estimate of drug-likeness (QED) is 0.590. The van der Waals surface area contributed by atoms with E-state index in [4.69, 9.17) is 4.74 Å². The number of aryl methyl sites for hydroxylation is 3. The maximum Gasteiger partial charge on any atom is 0.265 e. The van der Waals surface area contributed by atoms with E-state index in [2.05, 4.69) is 10.6 Å². The molecule has 0 aliphatic rings. The molecule has 0 radical (unpaired) electrons. The second-order valence-electron chi connectivity index (χ2n) is 7.41. The van der Waals surface area contributed by atoms with Gasteiger partial charge in [-0.25, -0.2) is 0 Å². The van der Waals surface area contributed by atoms with Crippen LogP contribution in [0.15, 0.2) is 66.7 Å². The van der Waals surface area contributed by atoms with E-state index in [1.165, 1.54) is 0 Å². The van der Waals surface area contributed by atoms with Gasteiger partial charge in [0, 0.05) is 16.9 Å². The highest BCUT2D eigenvalue weighted by Gasteiger charge is 2.16. The molecule has 0 saturated heterocycles. The number of amides is 2. The number of rotatable bonds is 6. The molecule has 154 valence electrons. The predicted octanol–water partition coefficient (Wildman–Crippen LogP) is 5.27. The molecule has 0 aliphatic heterocycles. The van der Waals surface area contributed by atoms with Crippen LogP contribution in [0.3, 0.4) is 0 Å². The van der Waals surface area contributed by atoms with E-state index in [0.29, 0.717) is 11.3 Å². The molecule has 0 bridgehead atoms. The molecule has 0 spiro atoms. The Kier molecular flexibility index (Phi) is 6.52. The Morgan fingerprint density at radius 3 is 2.10 bits per heavy atom. The molecule has 0 heterocycles. The Morgan fingerprint density at radius 1 is 0.800 bits per heavy atom. The van der Waals surface area contributed by atoms with Crippen molar-refractivity contribution in [1.82, 2.24) is 0 Å². The average molecular weight is 402 g/mol. The molecule has 5 heteroatoms. The van der Waals surface area contributed by atoms with Gasteiger partial charge in [0.2, 0.25) is 0 Å². The zero-order valence-electron chi connectivity index (χ0n) is 17.7. The SMILES string of the molecule is Cc1ccc(NC(=O)c2ccc(OC(C)C(=O)Nc3cc(C)ccc3C)cc2)cc1. The lowest BCUT2D eigenvalue weighted by Crippen LogP contribution is -2.30. The second-order valence-corrected chi connectivity index (χ2v) is 7.41. The zero-order chi connectivity index (χ0) is 21.7. The van der Waals surface area contributed by atoms with Gasteiger partial charge in [0.05, 0.1) is 0 Å². The third kappa shape index (κ3) is 5.47. The Morgan fingerprint density at radius 2 is 1.43 bits per heavy atom.